The first-order valence-electron chi connectivity index (χ1n) is 24.2. The third kappa shape index (κ3) is 12.8. The highest BCUT2D eigenvalue weighted by molar-refractivity contribution is 7.81. The summed E-state index contributed by atoms with van der Waals surface area (Å²) in [6.07, 6.45) is -13.9. The molecule has 0 radical (unpaired) electrons. The molecule has 4 atom stereocenters. The molecule has 2 aliphatic rings. The molecule has 4 heterocycles. The molecule has 7 rings (SSSR count). The lowest BCUT2D eigenvalue weighted by Crippen LogP contribution is -2.58. The van der Waals surface area contributed by atoms with Crippen LogP contribution in [0.2, 0.25) is 0 Å². The van der Waals surface area contributed by atoms with Gasteiger partial charge in [-0.1, -0.05) is 45.0 Å². The Hall–Kier alpha value is -7.24. The van der Waals surface area contributed by atoms with Gasteiger partial charge in [-0.05, 0) is 92.7 Å². The number of nitrogens with zero attached hydrogens (tertiary/aromatic N) is 6. The van der Waals surface area contributed by atoms with Crippen molar-refractivity contribution in [1.82, 2.24) is 25.5 Å². The fraction of sp³-hybridized carbons (Fsp3) is 0.396. The summed E-state index contributed by atoms with van der Waals surface area (Å²) in [6.45, 7) is 6.84. The van der Waals surface area contributed by atoms with Crippen LogP contribution in [0, 0.1) is 35.3 Å². The number of carbonyl (C=O) groups is 4. The second-order valence-electron chi connectivity index (χ2n) is 20.1. The van der Waals surface area contributed by atoms with Crippen LogP contribution in [-0.2, 0) is 42.8 Å². The van der Waals surface area contributed by atoms with E-state index in [9.17, 15) is 45.5 Å². The monoisotopic (exact) mass is 1150 g/mol. The van der Waals surface area contributed by atoms with Gasteiger partial charge in [-0.15, -0.1) is 11.3 Å². The maximum atomic E-state index is 15.9. The van der Waals surface area contributed by atoms with Crippen molar-refractivity contribution < 1.29 is 72.6 Å². The highest BCUT2D eigenvalue weighted by atomic mass is 32.1. The molecule has 3 aromatic carbocycles. The lowest BCUT2D eigenvalue weighted by Gasteiger charge is -2.35. The molecule has 2 aliphatic heterocycles. The van der Waals surface area contributed by atoms with Gasteiger partial charge < -0.3 is 29.9 Å². The van der Waals surface area contributed by atoms with Crippen molar-refractivity contribution in [3.8, 4) is 33.5 Å². The highest BCUT2D eigenvalue weighted by Crippen LogP contribution is 2.44. The number of aromatic nitrogens is 2. The van der Waals surface area contributed by atoms with Crippen molar-refractivity contribution in [3.05, 3.63) is 112 Å². The van der Waals surface area contributed by atoms with E-state index in [4.69, 9.17) is 27.0 Å². The Balaban J connectivity index is 0.936. The number of nitriles is 1. The van der Waals surface area contributed by atoms with Gasteiger partial charge in [0.05, 0.1) is 57.5 Å². The molecule has 2 saturated heterocycles. The summed E-state index contributed by atoms with van der Waals surface area (Å²) in [4.78, 5) is 65.9. The lowest BCUT2D eigenvalue weighted by molar-refractivity contribution is -0.144. The van der Waals surface area contributed by atoms with Gasteiger partial charge in [0.2, 0.25) is 17.7 Å². The van der Waals surface area contributed by atoms with Crippen molar-refractivity contribution in [2.75, 3.05) is 36.2 Å². The first kappa shape index (κ1) is 59.4. The molecule has 0 saturated carbocycles. The van der Waals surface area contributed by atoms with Gasteiger partial charge in [-0.2, -0.15) is 31.6 Å². The molecule has 4 unspecified atom stereocenters. The number of nitrogens with one attached hydrogen (secondary N) is 2. The Morgan fingerprint density at radius 1 is 0.949 bits per heavy atom. The van der Waals surface area contributed by atoms with E-state index in [-0.39, 0.29) is 24.7 Å². The fourth-order valence-corrected chi connectivity index (χ4v) is 10.3. The Morgan fingerprint density at radius 3 is 2.24 bits per heavy atom. The molecule has 2 N–H and O–H groups in total. The van der Waals surface area contributed by atoms with E-state index in [1.54, 1.807) is 26.3 Å². The molecule has 2 fully saturated rings. The number of carbonyl (C=O) groups excluding carboxylic acids is 4. The van der Waals surface area contributed by atoms with Crippen LogP contribution in [0.5, 0.6) is 5.75 Å². The van der Waals surface area contributed by atoms with E-state index in [0.717, 1.165) is 51.0 Å². The van der Waals surface area contributed by atoms with Crippen LogP contribution in [0.1, 0.15) is 75.4 Å². The number of pyridine rings is 1. The molecule has 2 aromatic heterocycles. The minimum absolute atomic E-state index is 0.203. The van der Waals surface area contributed by atoms with Crippen LogP contribution in [0.3, 0.4) is 0 Å². The minimum Gasteiger partial charge on any atom is -0.490 e. The normalized spacial score (nSPS) is 16.9. The predicted molar refractivity (Wildman–Crippen MR) is 274 cm³/mol. The van der Waals surface area contributed by atoms with Crippen LogP contribution in [0.25, 0.3) is 21.7 Å². The molecule has 14 nitrogen and oxygen atoms in total. The quantitative estimate of drug-likeness (QED) is 0.0671. The summed E-state index contributed by atoms with van der Waals surface area (Å²) < 4.78 is 157. The molecular weight excluding hydrogens is 1100 g/mol. The van der Waals surface area contributed by atoms with Gasteiger partial charge in [0.15, 0.2) is 29.1 Å². The average Bonchev–Trinajstić information content (AvgIpc) is 4.30. The topological polar surface area (TPSA) is 170 Å². The number of anilines is 2. The number of thiocarbonyl (C=S) groups is 1. The number of likely N-dealkylation sites (tertiary alicyclic amines) is 1. The molecule has 79 heavy (non-hydrogen) atoms. The van der Waals surface area contributed by atoms with Crippen LogP contribution < -0.4 is 25.2 Å². The fourth-order valence-electron chi connectivity index (χ4n) is 8.98. The van der Waals surface area contributed by atoms with E-state index in [1.165, 1.54) is 36.2 Å². The molecule has 0 bridgehead atoms. The summed E-state index contributed by atoms with van der Waals surface area (Å²) in [7, 11) is 0. The number of ether oxygens (including phenoxy) is 2. The van der Waals surface area contributed by atoms with E-state index in [0.29, 0.717) is 35.9 Å². The smallest absolute Gasteiger partial charge is 0.420 e. The first-order chi connectivity index (χ1) is 36.9. The number of benzene rings is 3. The summed E-state index contributed by atoms with van der Waals surface area (Å²) in [5, 5.41) is 14.0. The zero-order valence-electron chi connectivity index (χ0n) is 42.9. The number of hydrogen-bond acceptors (Lipinski definition) is 11. The van der Waals surface area contributed by atoms with Crippen molar-refractivity contribution >= 4 is 63.7 Å². The number of thiazole rings is 1. The standard InChI is InChI=1S/C53H50F10N8O6S2/c1-27-44(79-26-67-27)29-11-9-28(10-12-29)21-66-46(73)39-8-7-17-69(39)47(74)45(50(2,3)4)68-40(72)25-76-23-36(55)37(56)24-77-32-14-15-33(34(19-32)52(58,59)60)43-35(54)18-31(22-65-43)71-49(78)70(48(75)51(71,5)6)38-16-13-30(20-64)41(42(38)57)53(61,62)63/h9-16,18-19,22,26,36-37,39,45H,7-8,17,21,23-25H2,1-6H3,(H,66,73)(H,68,72). The number of halogens is 10. The van der Waals surface area contributed by atoms with Gasteiger partial charge in [0, 0.05) is 24.7 Å². The van der Waals surface area contributed by atoms with Gasteiger partial charge in [0.1, 0.15) is 47.8 Å². The second kappa shape index (κ2) is 23.2. The van der Waals surface area contributed by atoms with Gasteiger partial charge in [-0.3, -0.25) is 29.1 Å². The molecule has 5 aromatic rings. The molecule has 0 spiro atoms. The van der Waals surface area contributed by atoms with E-state index >= 15 is 17.6 Å². The van der Waals surface area contributed by atoms with E-state index < -0.39 is 141 Å². The average molecular weight is 1150 g/mol. The van der Waals surface area contributed by atoms with Crippen LogP contribution in [0.15, 0.2) is 72.4 Å². The zero-order chi connectivity index (χ0) is 58.1. The largest absolute Gasteiger partial charge is 0.490 e. The highest BCUT2D eigenvalue weighted by Gasteiger charge is 2.52. The van der Waals surface area contributed by atoms with Crippen LogP contribution in [-0.4, -0.2) is 99.9 Å². The third-order valence-corrected chi connectivity index (χ3v) is 14.4. The van der Waals surface area contributed by atoms with Crippen LogP contribution in [0.4, 0.5) is 55.3 Å². The number of hydrogen-bond donors (Lipinski definition) is 2. The summed E-state index contributed by atoms with van der Waals surface area (Å²) in [5.41, 5.74) is -5.95. The number of rotatable bonds is 17. The van der Waals surface area contributed by atoms with Crippen molar-refractivity contribution in [1.29, 1.82) is 5.26 Å². The zero-order valence-corrected chi connectivity index (χ0v) is 44.5. The summed E-state index contributed by atoms with van der Waals surface area (Å²) >= 11 is 6.86. The molecule has 4 amide bonds. The second-order valence-corrected chi connectivity index (χ2v) is 21.3. The third-order valence-electron chi connectivity index (χ3n) is 13.1. The minimum atomic E-state index is -5.37. The number of aryl methyl sites for hydroxylation is 1. The van der Waals surface area contributed by atoms with Gasteiger partial charge in [-0.25, -0.2) is 22.5 Å². The maximum absolute atomic E-state index is 15.9. The molecule has 0 aliphatic carbocycles. The SMILES string of the molecule is Cc1ncsc1-c1ccc(CNC(=O)C2CCCN2C(=O)C(NC(=O)COCC(F)C(F)COc2ccc(-c3ncc(N4C(=S)N(c5ccc(C#N)c(C(F)(F)F)c5F)C(=O)C4(C)C)cc3F)c(C(F)(F)F)c2)C(C)(C)C)cc1. The molecule has 420 valence electrons. The first-order valence-corrected chi connectivity index (χ1v) is 25.5. The summed E-state index contributed by atoms with van der Waals surface area (Å²) in [6, 6.07) is 10.9. The Labute approximate surface area is 455 Å². The van der Waals surface area contributed by atoms with Crippen molar-refractivity contribution in [2.24, 2.45) is 5.41 Å². The maximum Gasteiger partial charge on any atom is 0.420 e. The van der Waals surface area contributed by atoms with Crippen LogP contribution >= 0.6 is 23.6 Å². The Kier molecular flexibility index (Phi) is 17.5. The molecular formula is C53H50F10N8O6S2. The van der Waals surface area contributed by atoms with E-state index in [1.807, 2.05) is 31.2 Å². The lowest BCUT2D eigenvalue weighted by atomic mass is 9.85. The predicted octanol–water partition coefficient (Wildman–Crippen LogP) is 10.2. The molecule has 26 heteroatoms. The van der Waals surface area contributed by atoms with E-state index in [2.05, 4.69) is 20.6 Å². The number of amides is 4. The summed E-state index contributed by atoms with van der Waals surface area (Å²) in [5.74, 6) is -6.91. The van der Waals surface area contributed by atoms with Crippen molar-refractivity contribution in [3.63, 3.8) is 0 Å². The van der Waals surface area contributed by atoms with Crippen molar-refractivity contribution in [2.45, 2.75) is 103 Å². The Bertz CT molecular complexity index is 3200. The number of alkyl halides is 8. The Morgan fingerprint density at radius 2 is 1.63 bits per heavy atom. The van der Waals surface area contributed by atoms with Gasteiger partial charge in [0.25, 0.3) is 5.91 Å². The van der Waals surface area contributed by atoms with Gasteiger partial charge >= 0.3 is 12.4 Å².